The Morgan fingerprint density at radius 3 is 2.69 bits per heavy atom. The van der Waals surface area contributed by atoms with E-state index in [9.17, 15) is 0 Å². The van der Waals surface area contributed by atoms with Crippen molar-refractivity contribution in [1.29, 1.82) is 0 Å². The molecule has 0 bridgehead atoms. The molecule has 3 nitrogen and oxygen atoms in total. The van der Waals surface area contributed by atoms with E-state index in [0.717, 1.165) is 25.8 Å². The molecule has 0 radical (unpaired) electrons. The van der Waals surface area contributed by atoms with E-state index in [-0.39, 0.29) is 0 Å². The van der Waals surface area contributed by atoms with Crippen molar-refractivity contribution < 1.29 is 0 Å². The lowest BCUT2D eigenvalue weighted by Crippen LogP contribution is -2.36. The quantitative estimate of drug-likeness (QED) is 0.770. The molecule has 1 aromatic rings. The van der Waals surface area contributed by atoms with Crippen LogP contribution < -0.4 is 5.32 Å². The summed E-state index contributed by atoms with van der Waals surface area (Å²) in [5, 5.41) is 3.54. The number of rotatable bonds is 7. The van der Waals surface area contributed by atoms with Gasteiger partial charge in [-0.25, -0.2) is 4.98 Å². The molecule has 2 unspecified atom stereocenters. The van der Waals surface area contributed by atoms with E-state index in [2.05, 4.69) is 48.8 Å². The molecule has 1 rings (SSSR count). The molecule has 1 N–H and O–H groups in total. The number of nitrogens with one attached hydrogen (secondary N) is 1. The Labute approximate surface area is 99.3 Å². The summed E-state index contributed by atoms with van der Waals surface area (Å²) in [6.45, 7) is 9.90. The molecule has 0 saturated heterocycles. The topological polar surface area (TPSA) is 29.9 Å². The van der Waals surface area contributed by atoms with Crippen LogP contribution in [0.3, 0.4) is 0 Å². The molecule has 1 heterocycles. The zero-order chi connectivity index (χ0) is 12.0. The Bertz CT molecular complexity index is 293. The van der Waals surface area contributed by atoms with Gasteiger partial charge in [0, 0.05) is 30.9 Å². The van der Waals surface area contributed by atoms with E-state index in [4.69, 9.17) is 0 Å². The summed E-state index contributed by atoms with van der Waals surface area (Å²) < 4.78 is 2.32. The fourth-order valence-corrected chi connectivity index (χ4v) is 2.24. The minimum Gasteiger partial charge on any atom is -0.331 e. The minimum absolute atomic E-state index is 0.481. The minimum atomic E-state index is 0.481. The lowest BCUT2D eigenvalue weighted by atomic mass is 10.1. The fourth-order valence-electron chi connectivity index (χ4n) is 2.24. The third-order valence-electron chi connectivity index (χ3n) is 3.15. The van der Waals surface area contributed by atoms with Gasteiger partial charge >= 0.3 is 0 Å². The third kappa shape index (κ3) is 3.08. The van der Waals surface area contributed by atoms with Crippen molar-refractivity contribution in [3.05, 3.63) is 18.2 Å². The van der Waals surface area contributed by atoms with E-state index in [0.29, 0.717) is 12.1 Å². The summed E-state index contributed by atoms with van der Waals surface area (Å²) in [6.07, 6.45) is 7.40. The van der Waals surface area contributed by atoms with Gasteiger partial charge < -0.3 is 9.88 Å². The Morgan fingerprint density at radius 2 is 2.12 bits per heavy atom. The van der Waals surface area contributed by atoms with Crippen LogP contribution in [0.15, 0.2) is 12.4 Å². The van der Waals surface area contributed by atoms with E-state index >= 15 is 0 Å². The van der Waals surface area contributed by atoms with Crippen LogP contribution in [0.2, 0.25) is 0 Å². The van der Waals surface area contributed by atoms with Crippen molar-refractivity contribution >= 4 is 0 Å². The Morgan fingerprint density at radius 1 is 1.38 bits per heavy atom. The van der Waals surface area contributed by atoms with Gasteiger partial charge in [0.05, 0.1) is 0 Å². The predicted molar refractivity (Wildman–Crippen MR) is 68.7 cm³/mol. The second-order valence-corrected chi connectivity index (χ2v) is 4.31. The van der Waals surface area contributed by atoms with Gasteiger partial charge in [0.2, 0.25) is 0 Å². The molecule has 0 aliphatic rings. The molecule has 1 aromatic heterocycles. The molecule has 0 saturated carbocycles. The summed E-state index contributed by atoms with van der Waals surface area (Å²) in [5.74, 6) is 1.21. The number of aryl methyl sites for hydroxylation is 1. The van der Waals surface area contributed by atoms with E-state index in [1.54, 1.807) is 0 Å². The molecule has 0 aromatic carbocycles. The second kappa shape index (κ2) is 6.69. The van der Waals surface area contributed by atoms with Crippen molar-refractivity contribution in [2.24, 2.45) is 0 Å². The molecule has 0 spiro atoms. The summed E-state index contributed by atoms with van der Waals surface area (Å²) in [7, 11) is 0. The van der Waals surface area contributed by atoms with Crippen molar-refractivity contribution in [3.63, 3.8) is 0 Å². The van der Waals surface area contributed by atoms with E-state index in [1.165, 1.54) is 5.82 Å². The number of hydrogen-bond donors (Lipinski definition) is 1. The summed E-state index contributed by atoms with van der Waals surface area (Å²) in [4.78, 5) is 4.44. The van der Waals surface area contributed by atoms with Crippen LogP contribution >= 0.6 is 0 Å². The molecule has 2 atom stereocenters. The summed E-state index contributed by atoms with van der Waals surface area (Å²) >= 11 is 0. The van der Waals surface area contributed by atoms with Crippen molar-refractivity contribution in [2.75, 3.05) is 6.54 Å². The largest absolute Gasteiger partial charge is 0.331 e. The highest BCUT2D eigenvalue weighted by atomic mass is 15.1. The lowest BCUT2D eigenvalue weighted by molar-refractivity contribution is 0.359. The highest BCUT2D eigenvalue weighted by Crippen LogP contribution is 2.16. The van der Waals surface area contributed by atoms with Crippen LogP contribution in [0.25, 0.3) is 0 Å². The normalized spacial score (nSPS) is 15.0. The van der Waals surface area contributed by atoms with Gasteiger partial charge in [-0.3, -0.25) is 0 Å². The van der Waals surface area contributed by atoms with Gasteiger partial charge in [-0.15, -0.1) is 0 Å². The third-order valence-corrected chi connectivity index (χ3v) is 3.15. The second-order valence-electron chi connectivity index (χ2n) is 4.31. The van der Waals surface area contributed by atoms with Gasteiger partial charge in [-0.05, 0) is 26.3 Å². The number of imidazole rings is 1. The maximum atomic E-state index is 4.44. The van der Waals surface area contributed by atoms with Gasteiger partial charge in [-0.1, -0.05) is 20.8 Å². The van der Waals surface area contributed by atoms with Gasteiger partial charge in [0.25, 0.3) is 0 Å². The van der Waals surface area contributed by atoms with Crippen LogP contribution in [-0.4, -0.2) is 22.1 Å². The first kappa shape index (κ1) is 13.2. The maximum Gasteiger partial charge on any atom is 0.108 e. The molecule has 92 valence electrons. The Balaban J connectivity index is 2.76. The molecule has 0 aliphatic carbocycles. The van der Waals surface area contributed by atoms with Gasteiger partial charge in [0.1, 0.15) is 5.82 Å². The zero-order valence-electron chi connectivity index (χ0n) is 11.0. The van der Waals surface area contributed by atoms with E-state index in [1.807, 2.05) is 6.20 Å². The van der Waals surface area contributed by atoms with Gasteiger partial charge in [-0.2, -0.15) is 0 Å². The molecular weight excluding hydrogens is 198 g/mol. The number of nitrogens with zero attached hydrogens (tertiary/aromatic N) is 2. The monoisotopic (exact) mass is 223 g/mol. The molecule has 0 aliphatic heterocycles. The van der Waals surface area contributed by atoms with Crippen molar-refractivity contribution in [2.45, 2.75) is 59.0 Å². The highest BCUT2D eigenvalue weighted by Gasteiger charge is 2.17. The zero-order valence-corrected chi connectivity index (χ0v) is 11.0. The first-order chi connectivity index (χ1) is 7.74. The maximum absolute atomic E-state index is 4.44. The van der Waals surface area contributed by atoms with Crippen LogP contribution in [0.1, 0.15) is 52.4 Å². The molecular formula is C13H25N3. The number of hydrogen-bond acceptors (Lipinski definition) is 2. The molecule has 0 fully saturated rings. The van der Waals surface area contributed by atoms with Crippen molar-refractivity contribution in [1.82, 2.24) is 14.9 Å². The molecule has 3 heteroatoms. The fraction of sp³-hybridized carbons (Fsp3) is 0.769. The van der Waals surface area contributed by atoms with Crippen molar-refractivity contribution in [3.8, 4) is 0 Å². The smallest absolute Gasteiger partial charge is 0.108 e. The summed E-state index contributed by atoms with van der Waals surface area (Å²) in [5.41, 5.74) is 0. The standard InChI is InChI=1S/C13H25N3/c1-5-8-13-15-9-10-16(13)11(4)12(6-2)14-7-3/h9-12,14H,5-8H2,1-4H3. The van der Waals surface area contributed by atoms with Crippen LogP contribution in [-0.2, 0) is 6.42 Å². The first-order valence-electron chi connectivity index (χ1n) is 6.49. The predicted octanol–water partition coefficient (Wildman–Crippen LogP) is 2.78. The van der Waals surface area contributed by atoms with Gasteiger partial charge in [0.15, 0.2) is 0 Å². The lowest BCUT2D eigenvalue weighted by Gasteiger charge is -2.26. The average Bonchev–Trinajstić information content (AvgIpc) is 2.73. The Hall–Kier alpha value is -0.830. The van der Waals surface area contributed by atoms with Crippen LogP contribution in [0.4, 0.5) is 0 Å². The number of aromatic nitrogens is 2. The molecule has 0 amide bonds. The van der Waals surface area contributed by atoms with Crippen LogP contribution in [0, 0.1) is 0 Å². The SMILES string of the molecule is CCCc1nccn1C(C)C(CC)NCC. The van der Waals surface area contributed by atoms with Crippen LogP contribution in [0.5, 0.6) is 0 Å². The average molecular weight is 223 g/mol. The number of likely N-dealkylation sites (N-methyl/N-ethyl adjacent to an activating group) is 1. The first-order valence-corrected chi connectivity index (χ1v) is 6.49. The molecule has 16 heavy (non-hydrogen) atoms. The highest BCUT2D eigenvalue weighted by molar-refractivity contribution is 4.97. The summed E-state index contributed by atoms with van der Waals surface area (Å²) in [6, 6.07) is 1.02. The Kier molecular flexibility index (Phi) is 5.53. The van der Waals surface area contributed by atoms with E-state index < -0.39 is 0 Å².